The largest absolute Gasteiger partial charge is 0.494 e. The first kappa shape index (κ1) is 14.5. The van der Waals surface area contributed by atoms with Crippen molar-refractivity contribution < 1.29 is 19.4 Å². The van der Waals surface area contributed by atoms with Crippen molar-refractivity contribution in [3.8, 4) is 5.75 Å². The van der Waals surface area contributed by atoms with Crippen molar-refractivity contribution in [2.45, 2.75) is 6.92 Å². The molecule has 0 radical (unpaired) electrons. The lowest BCUT2D eigenvalue weighted by atomic mass is 10.2. The monoisotopic (exact) mass is 286 g/mol. The number of hydrogen-bond donors (Lipinski definition) is 2. The smallest absolute Gasteiger partial charge is 0.339 e. The summed E-state index contributed by atoms with van der Waals surface area (Å²) in [5, 5.41) is 11.5. The summed E-state index contributed by atoms with van der Waals surface area (Å²) >= 11 is 0. The average Bonchev–Trinajstić information content (AvgIpc) is 2.48. The highest BCUT2D eigenvalue weighted by Crippen LogP contribution is 2.15. The van der Waals surface area contributed by atoms with Gasteiger partial charge in [0.05, 0.1) is 6.61 Å². The van der Waals surface area contributed by atoms with Crippen LogP contribution in [0.15, 0.2) is 42.6 Å². The van der Waals surface area contributed by atoms with Gasteiger partial charge in [0.15, 0.2) is 0 Å². The third-order valence-electron chi connectivity index (χ3n) is 2.70. The van der Waals surface area contributed by atoms with Crippen LogP contribution in [0.25, 0.3) is 0 Å². The van der Waals surface area contributed by atoms with Gasteiger partial charge in [0.2, 0.25) is 0 Å². The van der Waals surface area contributed by atoms with Crippen LogP contribution in [-0.4, -0.2) is 28.6 Å². The van der Waals surface area contributed by atoms with E-state index in [1.54, 1.807) is 24.3 Å². The first-order valence-corrected chi connectivity index (χ1v) is 6.34. The molecule has 0 fully saturated rings. The maximum absolute atomic E-state index is 12.1. The third-order valence-corrected chi connectivity index (χ3v) is 2.70. The maximum Gasteiger partial charge on any atom is 0.339 e. The minimum Gasteiger partial charge on any atom is -0.494 e. The molecule has 0 aliphatic carbocycles. The van der Waals surface area contributed by atoms with Crippen LogP contribution in [0.3, 0.4) is 0 Å². The number of pyridine rings is 1. The van der Waals surface area contributed by atoms with Crippen molar-refractivity contribution in [2.75, 3.05) is 11.9 Å². The van der Waals surface area contributed by atoms with Gasteiger partial charge in [0.1, 0.15) is 17.1 Å². The number of nitrogens with zero attached hydrogens (tertiary/aromatic N) is 1. The Kier molecular flexibility index (Phi) is 4.50. The van der Waals surface area contributed by atoms with Crippen molar-refractivity contribution in [2.24, 2.45) is 0 Å². The summed E-state index contributed by atoms with van der Waals surface area (Å²) in [5.41, 5.74) is 0.331. The molecule has 1 aromatic carbocycles. The molecule has 0 unspecified atom stereocenters. The molecule has 0 aliphatic heterocycles. The number of ether oxygens (including phenoxy) is 1. The molecule has 1 aromatic heterocycles. The van der Waals surface area contributed by atoms with E-state index in [1.165, 1.54) is 18.3 Å². The highest BCUT2D eigenvalue weighted by Gasteiger charge is 2.14. The molecule has 2 rings (SSSR count). The highest BCUT2D eigenvalue weighted by atomic mass is 16.5. The van der Waals surface area contributed by atoms with Crippen molar-refractivity contribution in [3.63, 3.8) is 0 Å². The molecule has 6 nitrogen and oxygen atoms in total. The van der Waals surface area contributed by atoms with Crippen molar-refractivity contribution in [1.82, 2.24) is 4.98 Å². The number of carboxylic acids is 1. The summed E-state index contributed by atoms with van der Waals surface area (Å²) in [7, 11) is 0. The standard InChI is InChI=1S/C15H14N2O4/c1-2-21-11-7-5-10(6-8-11)14(18)17-13-12(15(19)20)4-3-9-16-13/h3-9H,2H2,1H3,(H,19,20)(H,16,17,18). The van der Waals surface area contributed by atoms with E-state index in [0.29, 0.717) is 17.9 Å². The number of carbonyl (C=O) groups is 2. The Labute approximate surface area is 121 Å². The SMILES string of the molecule is CCOc1ccc(C(=O)Nc2ncccc2C(=O)O)cc1. The second kappa shape index (κ2) is 6.51. The number of rotatable bonds is 5. The highest BCUT2D eigenvalue weighted by molar-refractivity contribution is 6.06. The molecule has 0 aliphatic rings. The van der Waals surface area contributed by atoms with Crippen LogP contribution in [0.1, 0.15) is 27.6 Å². The van der Waals surface area contributed by atoms with Gasteiger partial charge in [0, 0.05) is 11.8 Å². The van der Waals surface area contributed by atoms with Gasteiger partial charge in [-0.3, -0.25) is 4.79 Å². The number of nitrogens with one attached hydrogen (secondary N) is 1. The van der Waals surface area contributed by atoms with E-state index >= 15 is 0 Å². The van der Waals surface area contributed by atoms with Crippen molar-refractivity contribution >= 4 is 17.7 Å². The summed E-state index contributed by atoms with van der Waals surface area (Å²) in [5.74, 6) is -0.897. The average molecular weight is 286 g/mol. The summed E-state index contributed by atoms with van der Waals surface area (Å²) in [4.78, 5) is 27.0. The number of aromatic nitrogens is 1. The van der Waals surface area contributed by atoms with Gasteiger partial charge < -0.3 is 15.2 Å². The van der Waals surface area contributed by atoms with Crippen LogP contribution in [0, 0.1) is 0 Å². The third kappa shape index (κ3) is 3.56. The van der Waals surface area contributed by atoms with E-state index in [-0.39, 0.29) is 11.4 Å². The number of amides is 1. The molecule has 2 N–H and O–H groups in total. The van der Waals surface area contributed by atoms with Crippen LogP contribution in [0.4, 0.5) is 5.82 Å². The summed E-state index contributed by atoms with van der Waals surface area (Å²) < 4.78 is 5.29. The Hall–Kier alpha value is -2.89. The number of benzene rings is 1. The topological polar surface area (TPSA) is 88.5 Å². The molecule has 0 atom stereocenters. The maximum atomic E-state index is 12.1. The van der Waals surface area contributed by atoms with Crippen LogP contribution in [0.2, 0.25) is 0 Å². The van der Waals surface area contributed by atoms with E-state index < -0.39 is 11.9 Å². The molecule has 21 heavy (non-hydrogen) atoms. The number of carboxylic acid groups (broad SMARTS) is 1. The molecule has 0 saturated heterocycles. The zero-order valence-electron chi connectivity index (χ0n) is 11.4. The van der Waals surface area contributed by atoms with Gasteiger partial charge in [-0.15, -0.1) is 0 Å². The first-order valence-electron chi connectivity index (χ1n) is 6.34. The van der Waals surface area contributed by atoms with Gasteiger partial charge in [0.25, 0.3) is 5.91 Å². The molecule has 6 heteroatoms. The number of aromatic carboxylic acids is 1. The van der Waals surface area contributed by atoms with Crippen LogP contribution in [0.5, 0.6) is 5.75 Å². The number of carbonyl (C=O) groups excluding carboxylic acids is 1. The normalized spacial score (nSPS) is 9.95. The van der Waals surface area contributed by atoms with Crippen LogP contribution < -0.4 is 10.1 Å². The zero-order chi connectivity index (χ0) is 15.2. The van der Waals surface area contributed by atoms with E-state index in [9.17, 15) is 9.59 Å². The van der Waals surface area contributed by atoms with Gasteiger partial charge in [-0.25, -0.2) is 9.78 Å². The summed E-state index contributed by atoms with van der Waals surface area (Å²) in [6, 6.07) is 9.43. The number of anilines is 1. The molecule has 1 heterocycles. The van der Waals surface area contributed by atoms with Gasteiger partial charge in [-0.05, 0) is 43.3 Å². The van der Waals surface area contributed by atoms with E-state index in [1.807, 2.05) is 6.92 Å². The fourth-order valence-electron chi connectivity index (χ4n) is 1.73. The van der Waals surface area contributed by atoms with E-state index in [2.05, 4.69) is 10.3 Å². The lowest BCUT2D eigenvalue weighted by Gasteiger charge is -2.08. The lowest BCUT2D eigenvalue weighted by Crippen LogP contribution is -2.16. The Morgan fingerprint density at radius 3 is 2.57 bits per heavy atom. The second-order valence-electron chi connectivity index (χ2n) is 4.12. The molecule has 2 aromatic rings. The Bertz CT molecular complexity index is 653. The van der Waals surface area contributed by atoms with Gasteiger partial charge in [-0.1, -0.05) is 0 Å². The lowest BCUT2D eigenvalue weighted by molar-refractivity contribution is 0.0697. The van der Waals surface area contributed by atoms with Crippen molar-refractivity contribution in [1.29, 1.82) is 0 Å². The molecule has 0 spiro atoms. The summed E-state index contributed by atoms with van der Waals surface area (Å²) in [6.45, 7) is 2.41. The minimum atomic E-state index is -1.15. The van der Waals surface area contributed by atoms with E-state index in [4.69, 9.17) is 9.84 Å². The molecular formula is C15H14N2O4. The molecule has 1 amide bonds. The quantitative estimate of drug-likeness (QED) is 0.881. The van der Waals surface area contributed by atoms with Crippen molar-refractivity contribution in [3.05, 3.63) is 53.7 Å². The summed E-state index contributed by atoms with van der Waals surface area (Å²) in [6.07, 6.45) is 1.42. The van der Waals surface area contributed by atoms with Gasteiger partial charge in [-0.2, -0.15) is 0 Å². The predicted octanol–water partition coefficient (Wildman–Crippen LogP) is 2.43. The van der Waals surface area contributed by atoms with E-state index in [0.717, 1.165) is 0 Å². The number of hydrogen-bond acceptors (Lipinski definition) is 4. The molecular weight excluding hydrogens is 272 g/mol. The molecule has 0 bridgehead atoms. The Balaban J connectivity index is 2.16. The van der Waals surface area contributed by atoms with Crippen LogP contribution >= 0.6 is 0 Å². The first-order chi connectivity index (χ1) is 10.1. The minimum absolute atomic E-state index is 0.0175. The Morgan fingerprint density at radius 2 is 1.95 bits per heavy atom. The zero-order valence-corrected chi connectivity index (χ0v) is 11.4. The van der Waals surface area contributed by atoms with Gasteiger partial charge >= 0.3 is 5.97 Å². The molecule has 108 valence electrons. The van der Waals surface area contributed by atoms with Crippen LogP contribution in [-0.2, 0) is 0 Å². The fourth-order valence-corrected chi connectivity index (χ4v) is 1.73. The predicted molar refractivity (Wildman–Crippen MR) is 76.8 cm³/mol. The fraction of sp³-hybridized carbons (Fsp3) is 0.133. The Morgan fingerprint density at radius 1 is 1.24 bits per heavy atom. The molecule has 0 saturated carbocycles. The second-order valence-corrected chi connectivity index (χ2v) is 4.12.